The third kappa shape index (κ3) is 2.48. The van der Waals surface area contributed by atoms with Crippen molar-refractivity contribution >= 4 is 0 Å². The highest BCUT2D eigenvalue weighted by Crippen LogP contribution is 2.39. The molecule has 0 aromatic heterocycles. The summed E-state index contributed by atoms with van der Waals surface area (Å²) in [5.74, 6) is 1.03. The van der Waals surface area contributed by atoms with E-state index in [1.165, 1.54) is 19.2 Å². The highest BCUT2D eigenvalue weighted by atomic mass is 16.5. The average Bonchev–Trinajstić information content (AvgIpc) is 2.48. The average molecular weight is 288 g/mol. The van der Waals surface area contributed by atoms with Gasteiger partial charge in [0, 0.05) is 12.5 Å². The molecule has 0 saturated carbocycles. The van der Waals surface area contributed by atoms with E-state index in [-0.39, 0.29) is 11.5 Å². The summed E-state index contributed by atoms with van der Waals surface area (Å²) in [5, 5.41) is 29.4. The summed E-state index contributed by atoms with van der Waals surface area (Å²) in [5.41, 5.74) is 1.55. The molecule has 0 aliphatic carbocycles. The maximum Gasteiger partial charge on any atom is 0.160 e. The molecule has 0 saturated heterocycles. The van der Waals surface area contributed by atoms with Gasteiger partial charge in [-0.3, -0.25) is 0 Å². The Balaban J connectivity index is 1.96. The molecule has 1 heterocycles. The number of rotatable bonds is 2. The van der Waals surface area contributed by atoms with E-state index in [0.29, 0.717) is 23.5 Å². The number of benzene rings is 2. The number of phenolic OH excluding ortho intramolecular Hbond substituents is 2. The second-order valence-electron chi connectivity index (χ2n) is 5.03. The number of aromatic hydroxyl groups is 2. The van der Waals surface area contributed by atoms with Crippen LogP contribution in [0, 0.1) is 0 Å². The van der Waals surface area contributed by atoms with Crippen LogP contribution in [0.4, 0.5) is 0 Å². The number of hydrogen-bond acceptors (Lipinski definition) is 5. The Kier molecular flexibility index (Phi) is 3.35. The van der Waals surface area contributed by atoms with Crippen LogP contribution in [-0.2, 0) is 6.42 Å². The van der Waals surface area contributed by atoms with Gasteiger partial charge in [-0.2, -0.15) is 0 Å². The third-order valence-electron chi connectivity index (χ3n) is 3.62. The largest absolute Gasteiger partial charge is 0.508 e. The van der Waals surface area contributed by atoms with Gasteiger partial charge in [0.15, 0.2) is 11.5 Å². The van der Waals surface area contributed by atoms with Gasteiger partial charge < -0.3 is 24.8 Å². The van der Waals surface area contributed by atoms with E-state index in [9.17, 15) is 15.3 Å². The zero-order chi connectivity index (χ0) is 15.0. The van der Waals surface area contributed by atoms with Crippen molar-refractivity contribution in [1.29, 1.82) is 0 Å². The SMILES string of the molecule is COc1cc(C2Oc3cc(O)ccc3CC2O)ccc1O. The smallest absolute Gasteiger partial charge is 0.160 e. The Hall–Kier alpha value is -2.40. The van der Waals surface area contributed by atoms with Gasteiger partial charge in [0.05, 0.1) is 13.2 Å². The van der Waals surface area contributed by atoms with Crippen molar-refractivity contribution in [3.63, 3.8) is 0 Å². The topological polar surface area (TPSA) is 79.2 Å². The summed E-state index contributed by atoms with van der Waals surface area (Å²) in [6.07, 6.45) is -0.853. The second kappa shape index (κ2) is 5.18. The van der Waals surface area contributed by atoms with Crippen molar-refractivity contribution in [3.05, 3.63) is 47.5 Å². The monoisotopic (exact) mass is 288 g/mol. The Bertz CT molecular complexity index is 668. The minimum atomic E-state index is -0.712. The summed E-state index contributed by atoms with van der Waals surface area (Å²) < 4.78 is 10.9. The van der Waals surface area contributed by atoms with Gasteiger partial charge in [-0.1, -0.05) is 12.1 Å². The molecule has 2 aromatic carbocycles. The first-order chi connectivity index (χ1) is 10.1. The van der Waals surface area contributed by atoms with Crippen molar-refractivity contribution in [2.75, 3.05) is 7.11 Å². The zero-order valence-corrected chi connectivity index (χ0v) is 11.5. The molecular weight excluding hydrogens is 272 g/mol. The molecule has 3 N–H and O–H groups in total. The van der Waals surface area contributed by atoms with E-state index in [1.807, 2.05) is 0 Å². The van der Waals surface area contributed by atoms with E-state index in [4.69, 9.17) is 9.47 Å². The van der Waals surface area contributed by atoms with E-state index >= 15 is 0 Å². The lowest BCUT2D eigenvalue weighted by atomic mass is 9.94. The molecule has 0 fully saturated rings. The van der Waals surface area contributed by atoms with Crippen LogP contribution in [-0.4, -0.2) is 28.5 Å². The molecular formula is C16H16O5. The zero-order valence-electron chi connectivity index (χ0n) is 11.5. The van der Waals surface area contributed by atoms with Crippen LogP contribution >= 0.6 is 0 Å². The third-order valence-corrected chi connectivity index (χ3v) is 3.62. The van der Waals surface area contributed by atoms with Crippen LogP contribution in [0.15, 0.2) is 36.4 Å². The molecule has 5 heteroatoms. The Labute approximate surface area is 122 Å². The Morgan fingerprint density at radius 2 is 1.95 bits per heavy atom. The standard InChI is InChI=1S/C16H16O5/c1-20-15-7-10(3-5-12(15)18)16-13(19)6-9-2-4-11(17)8-14(9)21-16/h2-5,7-8,13,16-19H,6H2,1H3. The first-order valence-electron chi connectivity index (χ1n) is 6.62. The summed E-state index contributed by atoms with van der Waals surface area (Å²) in [4.78, 5) is 0. The van der Waals surface area contributed by atoms with Gasteiger partial charge in [-0.05, 0) is 29.3 Å². The molecule has 1 aliphatic rings. The van der Waals surface area contributed by atoms with Crippen molar-refractivity contribution in [1.82, 2.24) is 0 Å². The van der Waals surface area contributed by atoms with Gasteiger partial charge >= 0.3 is 0 Å². The van der Waals surface area contributed by atoms with Crippen LogP contribution in [0.5, 0.6) is 23.0 Å². The van der Waals surface area contributed by atoms with E-state index in [0.717, 1.165) is 5.56 Å². The van der Waals surface area contributed by atoms with Gasteiger partial charge in [0.25, 0.3) is 0 Å². The highest BCUT2D eigenvalue weighted by molar-refractivity contribution is 5.46. The Morgan fingerprint density at radius 1 is 1.14 bits per heavy atom. The molecule has 0 amide bonds. The Morgan fingerprint density at radius 3 is 2.71 bits per heavy atom. The number of phenols is 2. The van der Waals surface area contributed by atoms with Crippen molar-refractivity contribution < 1.29 is 24.8 Å². The predicted molar refractivity (Wildman–Crippen MR) is 75.8 cm³/mol. The lowest BCUT2D eigenvalue weighted by Gasteiger charge is -2.31. The van der Waals surface area contributed by atoms with Crippen LogP contribution in [0.3, 0.4) is 0 Å². The van der Waals surface area contributed by atoms with Crippen molar-refractivity contribution in [3.8, 4) is 23.0 Å². The molecule has 110 valence electrons. The molecule has 0 bridgehead atoms. The number of aliphatic hydroxyl groups excluding tert-OH is 1. The number of ether oxygens (including phenoxy) is 2. The molecule has 21 heavy (non-hydrogen) atoms. The number of aliphatic hydroxyl groups is 1. The quantitative estimate of drug-likeness (QED) is 0.789. The fraction of sp³-hybridized carbons (Fsp3) is 0.250. The minimum Gasteiger partial charge on any atom is -0.508 e. The number of methoxy groups -OCH3 is 1. The fourth-order valence-electron chi connectivity index (χ4n) is 2.53. The summed E-state index contributed by atoms with van der Waals surface area (Å²) in [7, 11) is 1.46. The summed E-state index contributed by atoms with van der Waals surface area (Å²) in [6, 6.07) is 9.66. The van der Waals surface area contributed by atoms with Crippen LogP contribution in [0.2, 0.25) is 0 Å². The second-order valence-corrected chi connectivity index (χ2v) is 5.03. The van der Waals surface area contributed by atoms with Crippen LogP contribution < -0.4 is 9.47 Å². The van der Waals surface area contributed by atoms with Gasteiger partial charge in [0.1, 0.15) is 17.6 Å². The molecule has 1 aliphatic heterocycles. The minimum absolute atomic E-state index is 0.0320. The first kappa shape index (κ1) is 13.6. The molecule has 0 radical (unpaired) electrons. The van der Waals surface area contributed by atoms with E-state index in [2.05, 4.69) is 0 Å². The van der Waals surface area contributed by atoms with Crippen molar-refractivity contribution in [2.24, 2.45) is 0 Å². The number of hydrogen-bond donors (Lipinski definition) is 3. The summed E-state index contributed by atoms with van der Waals surface area (Å²) >= 11 is 0. The molecule has 2 unspecified atom stereocenters. The van der Waals surface area contributed by atoms with E-state index < -0.39 is 12.2 Å². The van der Waals surface area contributed by atoms with Gasteiger partial charge in [-0.15, -0.1) is 0 Å². The molecule has 3 rings (SSSR count). The maximum atomic E-state index is 10.3. The molecule has 0 spiro atoms. The van der Waals surface area contributed by atoms with E-state index in [1.54, 1.807) is 24.3 Å². The van der Waals surface area contributed by atoms with Crippen molar-refractivity contribution in [2.45, 2.75) is 18.6 Å². The highest BCUT2D eigenvalue weighted by Gasteiger charge is 2.30. The molecule has 2 atom stereocenters. The molecule has 2 aromatic rings. The fourth-order valence-corrected chi connectivity index (χ4v) is 2.53. The number of fused-ring (bicyclic) bond motifs is 1. The normalized spacial score (nSPS) is 20.5. The molecule has 5 nitrogen and oxygen atoms in total. The maximum absolute atomic E-state index is 10.3. The van der Waals surface area contributed by atoms with Gasteiger partial charge in [0.2, 0.25) is 0 Å². The lowest BCUT2D eigenvalue weighted by molar-refractivity contribution is 0.0205. The first-order valence-corrected chi connectivity index (χ1v) is 6.62. The van der Waals surface area contributed by atoms with Crippen LogP contribution in [0.25, 0.3) is 0 Å². The van der Waals surface area contributed by atoms with Gasteiger partial charge in [-0.25, -0.2) is 0 Å². The summed E-state index contributed by atoms with van der Waals surface area (Å²) in [6.45, 7) is 0. The lowest BCUT2D eigenvalue weighted by Crippen LogP contribution is -2.30. The van der Waals surface area contributed by atoms with Crippen LogP contribution in [0.1, 0.15) is 17.2 Å². The predicted octanol–water partition coefficient (Wildman–Crippen LogP) is 2.14.